The van der Waals surface area contributed by atoms with Gasteiger partial charge in [0, 0.05) is 13.6 Å². The molecule has 2 aromatic rings. The molecule has 8 heteroatoms. The molecule has 0 aliphatic carbocycles. The summed E-state index contributed by atoms with van der Waals surface area (Å²) in [5.74, 6) is 0.525. The zero-order valence-electron chi connectivity index (χ0n) is 12.7. The van der Waals surface area contributed by atoms with Crippen molar-refractivity contribution in [1.82, 2.24) is 9.88 Å². The number of aliphatic hydroxyl groups is 1. The van der Waals surface area contributed by atoms with Gasteiger partial charge < -0.3 is 14.7 Å². The van der Waals surface area contributed by atoms with E-state index in [1.54, 1.807) is 38.2 Å². The molecule has 1 atom stereocenters. The lowest BCUT2D eigenvalue weighted by Gasteiger charge is -2.18. The number of nitriles is 1. The zero-order valence-corrected chi connectivity index (χ0v) is 13.5. The lowest BCUT2D eigenvalue weighted by molar-refractivity contribution is 0.149. The summed E-state index contributed by atoms with van der Waals surface area (Å²) in [5, 5.41) is 21.6. The highest BCUT2D eigenvalue weighted by molar-refractivity contribution is 7.17. The Morgan fingerprint density at radius 2 is 2.39 bits per heavy atom. The first kappa shape index (κ1) is 16.7. The number of amides is 2. The van der Waals surface area contributed by atoms with Crippen LogP contribution < -0.4 is 10.1 Å². The summed E-state index contributed by atoms with van der Waals surface area (Å²) in [4.78, 5) is 17.3. The second-order valence-electron chi connectivity index (χ2n) is 4.89. The average molecular weight is 332 g/mol. The lowest BCUT2D eigenvalue weighted by atomic mass is 10.2. The predicted molar refractivity (Wildman–Crippen MR) is 86.7 cm³/mol. The van der Waals surface area contributed by atoms with E-state index in [0.717, 1.165) is 0 Å². The molecule has 0 radical (unpaired) electrons. The molecule has 23 heavy (non-hydrogen) atoms. The average Bonchev–Trinajstić information content (AvgIpc) is 2.93. The number of ether oxygens (including phenoxy) is 1. The summed E-state index contributed by atoms with van der Waals surface area (Å²) < 4.78 is 5.61. The molecule has 0 saturated heterocycles. The number of hydrogen-bond donors (Lipinski definition) is 2. The van der Waals surface area contributed by atoms with E-state index in [9.17, 15) is 9.90 Å². The van der Waals surface area contributed by atoms with E-state index in [-0.39, 0.29) is 12.6 Å². The Labute approximate surface area is 137 Å². The van der Waals surface area contributed by atoms with E-state index >= 15 is 0 Å². The fraction of sp³-hybridized carbons (Fsp3) is 0.267. The van der Waals surface area contributed by atoms with Gasteiger partial charge in [-0.05, 0) is 25.1 Å². The molecular formula is C15H16N4O3S. The van der Waals surface area contributed by atoms with Gasteiger partial charge in [-0.2, -0.15) is 5.26 Å². The Hall–Kier alpha value is -2.63. The van der Waals surface area contributed by atoms with Gasteiger partial charge in [0.25, 0.3) is 0 Å². The van der Waals surface area contributed by atoms with Crippen molar-refractivity contribution in [2.45, 2.75) is 13.0 Å². The van der Waals surface area contributed by atoms with Crippen molar-refractivity contribution in [2.24, 2.45) is 0 Å². The van der Waals surface area contributed by atoms with Crippen LogP contribution in [0.15, 0.2) is 30.5 Å². The number of hydrogen-bond acceptors (Lipinski definition) is 6. The maximum absolute atomic E-state index is 11.9. The molecule has 2 N–H and O–H groups in total. The normalized spacial score (nSPS) is 11.4. The molecule has 0 fully saturated rings. The van der Waals surface area contributed by atoms with Crippen LogP contribution in [0, 0.1) is 11.3 Å². The second kappa shape index (κ2) is 7.58. The number of nitrogens with one attached hydrogen (secondary N) is 1. The Morgan fingerprint density at radius 3 is 3.09 bits per heavy atom. The van der Waals surface area contributed by atoms with Gasteiger partial charge in [-0.3, -0.25) is 5.32 Å². The highest BCUT2D eigenvalue weighted by Gasteiger charge is 2.13. The van der Waals surface area contributed by atoms with E-state index in [4.69, 9.17) is 10.00 Å². The number of carbonyl (C=O) groups excluding carboxylic acids is 1. The van der Waals surface area contributed by atoms with E-state index < -0.39 is 6.10 Å². The van der Waals surface area contributed by atoms with Gasteiger partial charge in [-0.1, -0.05) is 17.4 Å². The van der Waals surface area contributed by atoms with Crippen LogP contribution in [0.1, 0.15) is 12.5 Å². The van der Waals surface area contributed by atoms with E-state index in [0.29, 0.717) is 21.5 Å². The summed E-state index contributed by atoms with van der Waals surface area (Å²) >= 11 is 1.17. The van der Waals surface area contributed by atoms with Gasteiger partial charge in [-0.25, -0.2) is 9.78 Å². The SMILES string of the molecule is C[C@H](O)CN(C)C(=O)Nc1ncc(Oc2cccc(C#N)c2)s1. The van der Waals surface area contributed by atoms with Crippen LogP contribution in [0.2, 0.25) is 0 Å². The summed E-state index contributed by atoms with van der Waals surface area (Å²) in [6, 6.07) is 8.43. The molecule has 0 spiro atoms. The molecule has 2 rings (SSSR count). The molecule has 0 saturated carbocycles. The summed E-state index contributed by atoms with van der Waals surface area (Å²) in [6.45, 7) is 1.83. The fourth-order valence-corrected chi connectivity index (χ4v) is 2.45. The largest absolute Gasteiger partial charge is 0.445 e. The Kier molecular flexibility index (Phi) is 5.51. The lowest BCUT2D eigenvalue weighted by Crippen LogP contribution is -2.36. The van der Waals surface area contributed by atoms with Gasteiger partial charge in [0.15, 0.2) is 5.13 Å². The number of aromatic nitrogens is 1. The number of likely N-dealkylation sites (N-methyl/N-ethyl adjacent to an activating group) is 1. The van der Waals surface area contributed by atoms with Gasteiger partial charge in [0.1, 0.15) is 5.75 Å². The predicted octanol–water partition coefficient (Wildman–Crippen LogP) is 2.65. The van der Waals surface area contributed by atoms with Crippen LogP contribution in [-0.2, 0) is 0 Å². The molecule has 0 aliphatic rings. The molecule has 0 unspecified atom stereocenters. The highest BCUT2D eigenvalue weighted by Crippen LogP contribution is 2.30. The minimum absolute atomic E-state index is 0.224. The summed E-state index contributed by atoms with van der Waals surface area (Å²) in [6.07, 6.45) is 0.891. The first-order valence-corrected chi connectivity index (χ1v) is 7.63. The van der Waals surface area contributed by atoms with Crippen LogP contribution in [0.4, 0.5) is 9.93 Å². The Balaban J connectivity index is 1.98. The molecule has 1 aromatic carbocycles. The topological polar surface area (TPSA) is 98.5 Å². The number of thiazole rings is 1. The first-order chi connectivity index (χ1) is 11.0. The van der Waals surface area contributed by atoms with E-state index in [1.807, 2.05) is 6.07 Å². The summed E-state index contributed by atoms with van der Waals surface area (Å²) in [5.41, 5.74) is 0.500. The smallest absolute Gasteiger partial charge is 0.323 e. The third-order valence-electron chi connectivity index (χ3n) is 2.76. The molecule has 1 heterocycles. The van der Waals surface area contributed by atoms with E-state index in [1.165, 1.54) is 22.4 Å². The Morgan fingerprint density at radius 1 is 1.61 bits per heavy atom. The Bertz CT molecular complexity index is 724. The molecule has 120 valence electrons. The maximum Gasteiger partial charge on any atom is 0.323 e. The van der Waals surface area contributed by atoms with Crippen molar-refractivity contribution in [1.29, 1.82) is 5.26 Å². The highest BCUT2D eigenvalue weighted by atomic mass is 32.1. The van der Waals surface area contributed by atoms with Crippen molar-refractivity contribution in [3.8, 4) is 16.9 Å². The second-order valence-corrected chi connectivity index (χ2v) is 5.88. The molecular weight excluding hydrogens is 316 g/mol. The molecule has 2 amide bonds. The monoisotopic (exact) mass is 332 g/mol. The van der Waals surface area contributed by atoms with Crippen molar-refractivity contribution in [3.63, 3.8) is 0 Å². The van der Waals surface area contributed by atoms with Crippen molar-refractivity contribution in [2.75, 3.05) is 18.9 Å². The molecule has 7 nitrogen and oxygen atoms in total. The van der Waals surface area contributed by atoms with Crippen LogP contribution in [0.5, 0.6) is 10.8 Å². The van der Waals surface area contributed by atoms with Crippen LogP contribution in [0.3, 0.4) is 0 Å². The van der Waals surface area contributed by atoms with Gasteiger partial charge in [0.2, 0.25) is 5.06 Å². The minimum Gasteiger partial charge on any atom is -0.445 e. The van der Waals surface area contributed by atoms with Crippen LogP contribution >= 0.6 is 11.3 Å². The quantitative estimate of drug-likeness (QED) is 0.877. The van der Waals surface area contributed by atoms with Gasteiger partial charge in [0.05, 0.1) is 23.9 Å². The third kappa shape index (κ3) is 4.95. The number of anilines is 1. The fourth-order valence-electron chi connectivity index (χ4n) is 1.78. The standard InChI is InChI=1S/C15H16N4O3S/c1-10(20)9-19(2)15(21)18-14-17-8-13(23-14)22-12-5-3-4-11(6-12)7-16/h3-6,8,10,20H,9H2,1-2H3,(H,17,18,21)/t10-/m0/s1. The number of rotatable bonds is 5. The number of nitrogens with zero attached hydrogens (tertiary/aromatic N) is 3. The summed E-state index contributed by atoms with van der Waals surface area (Å²) in [7, 11) is 1.58. The maximum atomic E-state index is 11.9. The molecule has 0 bridgehead atoms. The van der Waals surface area contributed by atoms with Gasteiger partial charge >= 0.3 is 6.03 Å². The number of aliphatic hydroxyl groups excluding tert-OH is 1. The van der Waals surface area contributed by atoms with Crippen molar-refractivity contribution < 1.29 is 14.6 Å². The van der Waals surface area contributed by atoms with Crippen LogP contribution in [0.25, 0.3) is 0 Å². The third-order valence-corrected chi connectivity index (χ3v) is 3.56. The number of carbonyl (C=O) groups is 1. The number of urea groups is 1. The zero-order chi connectivity index (χ0) is 16.8. The number of benzene rings is 1. The van der Waals surface area contributed by atoms with E-state index in [2.05, 4.69) is 10.3 Å². The molecule has 1 aromatic heterocycles. The van der Waals surface area contributed by atoms with Crippen molar-refractivity contribution in [3.05, 3.63) is 36.0 Å². The first-order valence-electron chi connectivity index (χ1n) is 6.82. The van der Waals surface area contributed by atoms with Crippen molar-refractivity contribution >= 4 is 22.5 Å². The van der Waals surface area contributed by atoms with Crippen LogP contribution in [-0.4, -0.2) is 40.7 Å². The molecule has 0 aliphatic heterocycles. The van der Waals surface area contributed by atoms with Gasteiger partial charge in [-0.15, -0.1) is 0 Å². The minimum atomic E-state index is -0.603.